The third kappa shape index (κ3) is 3.68. The summed E-state index contributed by atoms with van der Waals surface area (Å²) in [6, 6.07) is 16.5. The molecule has 2 heterocycles. The third-order valence-electron chi connectivity index (χ3n) is 5.86. The molecule has 0 atom stereocenters. The number of nitrogens with zero attached hydrogens (tertiary/aromatic N) is 1. The van der Waals surface area contributed by atoms with Gasteiger partial charge in [-0.2, -0.15) is 0 Å². The second-order valence-electron chi connectivity index (χ2n) is 8.01. The van der Waals surface area contributed by atoms with Gasteiger partial charge in [-0.05, 0) is 60.7 Å². The van der Waals surface area contributed by atoms with E-state index in [1.54, 1.807) is 29.5 Å². The zero-order valence-corrected chi connectivity index (χ0v) is 19.2. The van der Waals surface area contributed by atoms with Crippen molar-refractivity contribution in [2.24, 2.45) is 0 Å². The number of carboxylic acid groups (broad SMARTS) is 1. The molecule has 34 heavy (non-hydrogen) atoms. The predicted octanol–water partition coefficient (Wildman–Crippen LogP) is 7.29. The minimum Gasteiger partial charge on any atom is -0.488 e. The van der Waals surface area contributed by atoms with Crippen molar-refractivity contribution >= 4 is 38.3 Å². The molecule has 0 radical (unpaired) electrons. The minimum atomic E-state index is -1.14. The van der Waals surface area contributed by atoms with Crippen LogP contribution < -0.4 is 4.74 Å². The Morgan fingerprint density at radius 1 is 1.03 bits per heavy atom. The first kappa shape index (κ1) is 22.0. The van der Waals surface area contributed by atoms with Crippen LogP contribution in [0.25, 0.3) is 31.6 Å². The summed E-state index contributed by atoms with van der Waals surface area (Å²) in [5.74, 6) is -2.39. The summed E-state index contributed by atoms with van der Waals surface area (Å²) in [5.41, 5.74) is 2.62. The van der Waals surface area contributed by atoms with Gasteiger partial charge in [0.15, 0.2) is 0 Å². The Hall–Kier alpha value is -3.84. The van der Waals surface area contributed by atoms with E-state index in [1.165, 1.54) is 6.07 Å². The Bertz CT molecular complexity index is 1570. The number of rotatable bonds is 5. The fourth-order valence-electron chi connectivity index (χ4n) is 4.09. The molecule has 0 aliphatic heterocycles. The van der Waals surface area contributed by atoms with Gasteiger partial charge in [-0.25, -0.2) is 18.6 Å². The molecule has 0 fully saturated rings. The molecule has 1 N–H and O–H groups in total. The molecular weight excluding hydrogens is 456 g/mol. The fourth-order valence-corrected chi connectivity index (χ4v) is 5.26. The standard InChI is InChI=1S/C27H19F2NO3S/c1-14-10-11-22(33-13-18-19(28)7-5-8-20(18)29)24-17(27(31)32)12-21(30-25(14)24)26-15(2)16-6-3-4-9-23(16)34-26/h3-12H,13H2,1-2H3,(H,31,32). The van der Waals surface area contributed by atoms with Gasteiger partial charge in [0.2, 0.25) is 0 Å². The summed E-state index contributed by atoms with van der Waals surface area (Å²) >= 11 is 1.56. The second-order valence-corrected chi connectivity index (χ2v) is 9.06. The van der Waals surface area contributed by atoms with Crippen molar-refractivity contribution in [2.75, 3.05) is 0 Å². The van der Waals surface area contributed by atoms with E-state index < -0.39 is 17.6 Å². The van der Waals surface area contributed by atoms with Gasteiger partial charge in [0, 0.05) is 4.70 Å². The smallest absolute Gasteiger partial charge is 0.336 e. The Kier molecular flexibility index (Phi) is 5.49. The van der Waals surface area contributed by atoms with Crippen LogP contribution in [0.1, 0.15) is 27.0 Å². The molecule has 0 saturated heterocycles. The monoisotopic (exact) mass is 475 g/mol. The maximum absolute atomic E-state index is 14.1. The molecule has 0 unspecified atom stereocenters. The molecule has 0 amide bonds. The molecule has 2 aromatic heterocycles. The topological polar surface area (TPSA) is 59.4 Å². The number of benzene rings is 3. The Morgan fingerprint density at radius 3 is 2.47 bits per heavy atom. The number of hydrogen-bond acceptors (Lipinski definition) is 4. The number of pyridine rings is 1. The minimum absolute atomic E-state index is 0.0181. The zero-order chi connectivity index (χ0) is 24.0. The van der Waals surface area contributed by atoms with E-state index >= 15 is 0 Å². The van der Waals surface area contributed by atoms with E-state index in [9.17, 15) is 18.7 Å². The van der Waals surface area contributed by atoms with Crippen LogP contribution in [0.2, 0.25) is 0 Å². The van der Waals surface area contributed by atoms with Crippen LogP contribution >= 0.6 is 11.3 Å². The second kappa shape index (κ2) is 8.50. The number of ether oxygens (including phenoxy) is 1. The number of fused-ring (bicyclic) bond motifs is 2. The number of aromatic carboxylic acids is 1. The summed E-state index contributed by atoms with van der Waals surface area (Å²) in [5, 5.41) is 11.4. The van der Waals surface area contributed by atoms with Crippen LogP contribution in [-0.2, 0) is 6.61 Å². The SMILES string of the molecule is Cc1c(-c2cc(C(=O)O)c3c(OCc4c(F)cccc4F)ccc(C)c3n2)sc2ccccc12. The highest BCUT2D eigenvalue weighted by Gasteiger charge is 2.21. The van der Waals surface area contributed by atoms with Crippen molar-refractivity contribution in [2.45, 2.75) is 20.5 Å². The first-order chi connectivity index (χ1) is 16.3. The van der Waals surface area contributed by atoms with Gasteiger partial charge in [0.05, 0.1) is 32.6 Å². The molecule has 4 nitrogen and oxygen atoms in total. The van der Waals surface area contributed by atoms with E-state index in [0.717, 1.165) is 38.2 Å². The summed E-state index contributed by atoms with van der Waals surface area (Å²) in [6.07, 6.45) is 0. The molecule has 0 spiro atoms. The van der Waals surface area contributed by atoms with Crippen molar-refractivity contribution in [3.8, 4) is 16.3 Å². The number of aryl methyl sites for hydroxylation is 2. The molecular formula is C27H19F2NO3S. The van der Waals surface area contributed by atoms with Gasteiger partial charge >= 0.3 is 5.97 Å². The normalized spacial score (nSPS) is 11.3. The number of carboxylic acids is 1. The molecule has 5 aromatic rings. The highest BCUT2D eigenvalue weighted by atomic mass is 32.1. The lowest BCUT2D eigenvalue weighted by molar-refractivity contribution is 0.0698. The lowest BCUT2D eigenvalue weighted by Crippen LogP contribution is -2.06. The van der Waals surface area contributed by atoms with Gasteiger partial charge in [-0.15, -0.1) is 11.3 Å². The first-order valence-electron chi connectivity index (χ1n) is 10.6. The van der Waals surface area contributed by atoms with Crippen molar-refractivity contribution in [3.05, 3.63) is 94.6 Å². The number of aromatic nitrogens is 1. The Labute approximate surface area is 198 Å². The van der Waals surface area contributed by atoms with Crippen LogP contribution in [0.4, 0.5) is 8.78 Å². The molecule has 0 aliphatic rings. The van der Waals surface area contributed by atoms with E-state index in [-0.39, 0.29) is 23.5 Å². The van der Waals surface area contributed by atoms with E-state index in [1.807, 2.05) is 38.1 Å². The lowest BCUT2D eigenvalue weighted by Gasteiger charge is -2.15. The molecule has 0 saturated carbocycles. The van der Waals surface area contributed by atoms with Crippen molar-refractivity contribution < 1.29 is 23.4 Å². The molecule has 7 heteroatoms. The quantitative estimate of drug-likeness (QED) is 0.290. The van der Waals surface area contributed by atoms with Gasteiger partial charge in [-0.1, -0.05) is 30.3 Å². The van der Waals surface area contributed by atoms with Gasteiger partial charge in [0.1, 0.15) is 24.0 Å². The first-order valence-corrected chi connectivity index (χ1v) is 11.4. The Morgan fingerprint density at radius 2 is 1.76 bits per heavy atom. The van der Waals surface area contributed by atoms with Crippen LogP contribution in [0, 0.1) is 25.5 Å². The summed E-state index contributed by atoms with van der Waals surface area (Å²) in [6.45, 7) is 3.45. The van der Waals surface area contributed by atoms with Crippen molar-refractivity contribution in [1.29, 1.82) is 0 Å². The highest BCUT2D eigenvalue weighted by molar-refractivity contribution is 7.22. The molecule has 5 rings (SSSR count). The van der Waals surface area contributed by atoms with Crippen LogP contribution in [0.3, 0.4) is 0 Å². The average Bonchev–Trinajstić information content (AvgIpc) is 3.16. The van der Waals surface area contributed by atoms with Crippen molar-refractivity contribution in [1.82, 2.24) is 4.98 Å². The maximum Gasteiger partial charge on any atom is 0.336 e. The van der Waals surface area contributed by atoms with Crippen LogP contribution in [-0.4, -0.2) is 16.1 Å². The number of carbonyl (C=O) groups is 1. The third-order valence-corrected chi connectivity index (χ3v) is 7.16. The van der Waals surface area contributed by atoms with Gasteiger partial charge < -0.3 is 9.84 Å². The predicted molar refractivity (Wildman–Crippen MR) is 130 cm³/mol. The number of hydrogen-bond donors (Lipinski definition) is 1. The van der Waals surface area contributed by atoms with E-state index in [0.29, 0.717) is 16.6 Å². The fraction of sp³-hybridized carbons (Fsp3) is 0.111. The highest BCUT2D eigenvalue weighted by Crippen LogP contribution is 2.40. The number of thiophene rings is 1. The maximum atomic E-state index is 14.1. The molecule has 3 aromatic carbocycles. The van der Waals surface area contributed by atoms with E-state index in [2.05, 4.69) is 0 Å². The number of halogens is 2. The van der Waals surface area contributed by atoms with Crippen molar-refractivity contribution in [3.63, 3.8) is 0 Å². The summed E-state index contributed by atoms with van der Waals surface area (Å²) in [7, 11) is 0. The average molecular weight is 476 g/mol. The van der Waals surface area contributed by atoms with Crippen LogP contribution in [0.15, 0.2) is 60.7 Å². The molecule has 0 aliphatic carbocycles. The van der Waals surface area contributed by atoms with Crippen LogP contribution in [0.5, 0.6) is 5.75 Å². The largest absolute Gasteiger partial charge is 0.488 e. The lowest BCUT2D eigenvalue weighted by atomic mass is 10.0. The Balaban J connectivity index is 1.67. The van der Waals surface area contributed by atoms with Gasteiger partial charge in [-0.3, -0.25) is 0 Å². The van der Waals surface area contributed by atoms with E-state index in [4.69, 9.17) is 9.72 Å². The molecule has 0 bridgehead atoms. The summed E-state index contributed by atoms with van der Waals surface area (Å²) in [4.78, 5) is 18.0. The zero-order valence-electron chi connectivity index (χ0n) is 18.4. The molecule has 170 valence electrons. The summed E-state index contributed by atoms with van der Waals surface area (Å²) < 4.78 is 35.0. The van der Waals surface area contributed by atoms with Gasteiger partial charge in [0.25, 0.3) is 0 Å².